The minimum absolute atomic E-state index is 0.160. The Morgan fingerprint density at radius 3 is 2.62 bits per heavy atom. The number of benzene rings is 2. The number of anilines is 1. The molecule has 2 aromatic heterocycles. The Morgan fingerprint density at radius 2 is 1.88 bits per heavy atom. The number of rotatable bonds is 4. The van der Waals surface area contributed by atoms with E-state index in [0.29, 0.717) is 33.8 Å². The van der Waals surface area contributed by atoms with Crippen LogP contribution in [0, 0.1) is 0 Å². The molecule has 9 heteroatoms. The first-order valence-electron chi connectivity index (χ1n) is 10.7. The highest BCUT2D eigenvalue weighted by molar-refractivity contribution is 7.99. The molecule has 3 heterocycles. The molecule has 0 spiro atoms. The van der Waals surface area contributed by atoms with Crippen LogP contribution in [0.4, 0.5) is 5.69 Å². The third-order valence-corrected chi connectivity index (χ3v) is 6.58. The maximum atomic E-state index is 13.3. The Kier molecular flexibility index (Phi) is 5.41. The first-order chi connectivity index (χ1) is 16.4. The molecule has 0 saturated heterocycles. The third-order valence-electron chi connectivity index (χ3n) is 5.75. The smallest absolute Gasteiger partial charge is 0.295 e. The van der Waals surface area contributed by atoms with E-state index in [4.69, 9.17) is 5.10 Å². The Hall–Kier alpha value is -3.98. The largest absolute Gasteiger partial charge is 0.854 e. The van der Waals surface area contributed by atoms with Crippen molar-refractivity contribution < 1.29 is 19.4 Å². The van der Waals surface area contributed by atoms with Gasteiger partial charge >= 0.3 is 0 Å². The van der Waals surface area contributed by atoms with Gasteiger partial charge in [0.2, 0.25) is 11.8 Å². The van der Waals surface area contributed by atoms with Crippen LogP contribution in [0.2, 0.25) is 0 Å². The van der Waals surface area contributed by atoms with Crippen molar-refractivity contribution in [3.63, 3.8) is 0 Å². The molecule has 0 fully saturated rings. The molecule has 0 saturated carbocycles. The van der Waals surface area contributed by atoms with E-state index in [-0.39, 0.29) is 17.0 Å². The van der Waals surface area contributed by atoms with E-state index < -0.39 is 12.0 Å². The molecule has 0 radical (unpaired) electrons. The molecule has 4 aromatic rings. The van der Waals surface area contributed by atoms with E-state index in [1.165, 1.54) is 25.6 Å². The lowest BCUT2D eigenvalue weighted by Gasteiger charge is -2.32. The molecule has 1 aliphatic heterocycles. The highest BCUT2D eigenvalue weighted by Crippen LogP contribution is 2.42. The van der Waals surface area contributed by atoms with E-state index in [9.17, 15) is 14.7 Å². The highest BCUT2D eigenvalue weighted by Gasteiger charge is 2.45. The maximum absolute atomic E-state index is 13.3. The zero-order chi connectivity index (χ0) is 24.0. The fourth-order valence-electron chi connectivity index (χ4n) is 4.42. The average Bonchev–Trinajstić information content (AvgIpc) is 3.21. The number of amides is 1. The quantitative estimate of drug-likeness (QED) is 0.257. The number of fused-ring (bicyclic) bond motifs is 4. The van der Waals surface area contributed by atoms with Crippen LogP contribution in [0.5, 0.6) is 5.88 Å². The summed E-state index contributed by atoms with van der Waals surface area (Å²) in [6.07, 6.45) is 2.64. The topological polar surface area (TPSA) is 95.0 Å². The summed E-state index contributed by atoms with van der Waals surface area (Å²) in [6.45, 7) is 6.68. The fraction of sp³-hybridized carbons (Fsp3) is 0.160. The number of carbonyl (C=O) groups is 2. The highest BCUT2D eigenvalue weighted by atomic mass is 32.2. The first kappa shape index (κ1) is 21.8. The lowest BCUT2D eigenvalue weighted by Crippen LogP contribution is -2.58. The molecule has 8 nitrogen and oxygen atoms in total. The summed E-state index contributed by atoms with van der Waals surface area (Å²) in [7, 11) is 0. The summed E-state index contributed by atoms with van der Waals surface area (Å²) in [5.41, 5.74) is 2.86. The van der Waals surface area contributed by atoms with Gasteiger partial charge in [-0.15, -0.1) is 6.58 Å². The number of aromatic nitrogens is 4. The second kappa shape index (κ2) is 8.42. The van der Waals surface area contributed by atoms with Crippen molar-refractivity contribution in [2.24, 2.45) is 0 Å². The zero-order valence-electron chi connectivity index (χ0n) is 18.6. The van der Waals surface area contributed by atoms with Crippen molar-refractivity contribution in [3.8, 4) is 17.1 Å². The van der Waals surface area contributed by atoms with E-state index in [0.717, 1.165) is 5.39 Å². The van der Waals surface area contributed by atoms with Gasteiger partial charge in [0.1, 0.15) is 0 Å². The summed E-state index contributed by atoms with van der Waals surface area (Å²) in [5, 5.41) is 19.0. The van der Waals surface area contributed by atoms with Gasteiger partial charge in [-0.3, -0.25) is 14.2 Å². The van der Waals surface area contributed by atoms with Crippen LogP contribution in [-0.2, 0) is 4.79 Å². The van der Waals surface area contributed by atoms with Gasteiger partial charge in [-0.2, -0.15) is 0 Å². The molecule has 0 bridgehead atoms. The molecule has 1 amide bonds. The summed E-state index contributed by atoms with van der Waals surface area (Å²) >= 11 is 1.29. The Bertz CT molecular complexity index is 1480. The van der Waals surface area contributed by atoms with Crippen LogP contribution in [0.25, 0.3) is 22.2 Å². The summed E-state index contributed by atoms with van der Waals surface area (Å²) in [6, 6.07) is 14.7. The Labute approximate surface area is 200 Å². The third kappa shape index (κ3) is 3.36. The Balaban J connectivity index is 1.87. The van der Waals surface area contributed by atoms with Gasteiger partial charge in [0, 0.05) is 36.3 Å². The minimum Gasteiger partial charge on any atom is -0.854 e. The molecule has 170 valence electrons. The van der Waals surface area contributed by atoms with Crippen LogP contribution in [0.3, 0.4) is 0 Å². The van der Waals surface area contributed by atoms with E-state index in [1.54, 1.807) is 38.6 Å². The number of hydrogen-bond donors (Lipinski definition) is 0. The predicted molar refractivity (Wildman–Crippen MR) is 128 cm³/mol. The lowest BCUT2D eigenvalue weighted by molar-refractivity contribution is -0.764. The molecule has 1 aliphatic rings. The Morgan fingerprint density at radius 1 is 1.15 bits per heavy atom. The summed E-state index contributed by atoms with van der Waals surface area (Å²) < 4.78 is 3.12. The molecule has 0 N–H and O–H groups in total. The van der Waals surface area contributed by atoms with Gasteiger partial charge in [0.25, 0.3) is 17.0 Å². The molecule has 2 aromatic carbocycles. The second-order valence-electron chi connectivity index (χ2n) is 7.86. The molecular weight excluding hydrogens is 450 g/mol. The van der Waals surface area contributed by atoms with Gasteiger partial charge in [0.15, 0.2) is 0 Å². The normalized spacial score (nSPS) is 14.5. The standard InChI is InChI=1S/C25H21N5O3S/c1-4-13-34-25-26-23(33)22-18-10-6-8-12-21(18)29(16(3)32)24(30(22)27-25)19-14-28(15(2)31)20-11-7-5-9-17(19)20/h4-12,14,24H,1,13H2,2-3H3. The minimum atomic E-state index is -0.785. The van der Waals surface area contributed by atoms with Gasteiger partial charge in [-0.25, -0.2) is 9.88 Å². The van der Waals surface area contributed by atoms with Gasteiger partial charge in [-0.1, -0.05) is 52.9 Å². The fourth-order valence-corrected chi connectivity index (χ4v) is 4.98. The van der Waals surface area contributed by atoms with E-state index >= 15 is 0 Å². The van der Waals surface area contributed by atoms with Crippen molar-refractivity contribution in [2.75, 3.05) is 10.7 Å². The lowest BCUT2D eigenvalue weighted by atomic mass is 10.0. The first-order valence-corrected chi connectivity index (χ1v) is 11.7. The number of hydrogen-bond acceptors (Lipinski definition) is 6. The molecule has 5 rings (SSSR count). The number of thioether (sulfide) groups is 1. The van der Waals surface area contributed by atoms with Crippen LogP contribution in [-0.4, -0.2) is 32.2 Å². The molecule has 34 heavy (non-hydrogen) atoms. The summed E-state index contributed by atoms with van der Waals surface area (Å²) in [4.78, 5) is 31.3. The predicted octanol–water partition coefficient (Wildman–Crippen LogP) is 3.31. The monoisotopic (exact) mass is 471 g/mol. The average molecular weight is 472 g/mol. The molecule has 0 aliphatic carbocycles. The van der Waals surface area contributed by atoms with Crippen LogP contribution in [0.1, 0.15) is 30.4 Å². The van der Waals surface area contributed by atoms with Crippen molar-refractivity contribution in [3.05, 3.63) is 72.9 Å². The van der Waals surface area contributed by atoms with E-state index in [2.05, 4.69) is 11.6 Å². The second-order valence-corrected chi connectivity index (χ2v) is 8.85. The number of nitrogens with zero attached hydrogens (tertiary/aromatic N) is 5. The van der Waals surface area contributed by atoms with Crippen LogP contribution in [0.15, 0.2) is 72.5 Å². The molecule has 1 atom stereocenters. The summed E-state index contributed by atoms with van der Waals surface area (Å²) in [5.74, 6) is -0.285. The van der Waals surface area contributed by atoms with Crippen LogP contribution < -0.4 is 14.7 Å². The van der Waals surface area contributed by atoms with Crippen molar-refractivity contribution in [2.45, 2.75) is 25.2 Å². The van der Waals surface area contributed by atoms with Gasteiger partial charge < -0.3 is 5.11 Å². The molecular formula is C25H21N5O3S. The number of para-hydroxylation sites is 2. The maximum Gasteiger partial charge on any atom is 0.295 e. The van der Waals surface area contributed by atoms with E-state index in [1.807, 2.05) is 36.4 Å². The molecule has 1 unspecified atom stereocenters. The van der Waals surface area contributed by atoms with Crippen LogP contribution >= 0.6 is 11.8 Å². The zero-order valence-corrected chi connectivity index (χ0v) is 19.5. The SMILES string of the molecule is C=CCSc1nc([O-])c2[n+](n1)C(c1cn(C(C)=O)c3ccccc13)N(C(C)=O)c1ccccc1-2. The van der Waals surface area contributed by atoms with Gasteiger partial charge in [-0.05, 0) is 18.2 Å². The van der Waals surface area contributed by atoms with Crippen molar-refractivity contribution in [1.82, 2.24) is 14.6 Å². The van der Waals surface area contributed by atoms with Gasteiger partial charge in [0.05, 0.1) is 28.2 Å². The van der Waals surface area contributed by atoms with Crippen molar-refractivity contribution in [1.29, 1.82) is 0 Å². The number of carbonyl (C=O) groups excluding carboxylic acids is 2. The van der Waals surface area contributed by atoms with Crippen molar-refractivity contribution >= 4 is 40.2 Å².